The van der Waals surface area contributed by atoms with E-state index >= 15 is 0 Å². The molecule has 0 unspecified atom stereocenters. The Morgan fingerprint density at radius 1 is 0.941 bits per heavy atom. The van der Waals surface area contributed by atoms with E-state index in [-0.39, 0.29) is 12.4 Å². The zero-order chi connectivity index (χ0) is 24.3. The number of amides is 2. The number of hydrogen-bond acceptors (Lipinski definition) is 5. The van der Waals surface area contributed by atoms with Crippen molar-refractivity contribution in [3.8, 4) is 11.5 Å². The van der Waals surface area contributed by atoms with Crippen molar-refractivity contribution in [2.75, 3.05) is 11.9 Å². The number of anilines is 1. The molecule has 2 N–H and O–H groups in total. The molecule has 2 amide bonds. The largest absolute Gasteiger partial charge is 0.490 e. The lowest BCUT2D eigenvalue weighted by Gasteiger charge is -2.12. The number of halogens is 1. The van der Waals surface area contributed by atoms with Gasteiger partial charge in [-0.3, -0.25) is 9.59 Å². The molecule has 0 fully saturated rings. The van der Waals surface area contributed by atoms with E-state index in [0.717, 1.165) is 17.5 Å². The van der Waals surface area contributed by atoms with Crippen LogP contribution >= 0.6 is 0 Å². The zero-order valence-electron chi connectivity index (χ0n) is 19.0. The Labute approximate surface area is 197 Å². The van der Waals surface area contributed by atoms with Crippen LogP contribution in [0.5, 0.6) is 11.5 Å². The number of nitrogens with one attached hydrogen (secondary N) is 2. The Bertz CT molecular complexity index is 1160. The van der Waals surface area contributed by atoms with Crippen molar-refractivity contribution in [2.24, 2.45) is 5.10 Å². The summed E-state index contributed by atoms with van der Waals surface area (Å²) in [6.07, 6.45) is 2.12. The lowest BCUT2D eigenvalue weighted by atomic mass is 10.1. The average molecular weight is 464 g/mol. The van der Waals surface area contributed by atoms with Crippen molar-refractivity contribution in [1.29, 1.82) is 0 Å². The quantitative estimate of drug-likeness (QED) is 0.279. The SMILES string of the molecule is CCOc1cc(/C=N\NC(=O)C(=O)Nc2ccccc2CC)ccc1OCc1ccc(F)cc1. The van der Waals surface area contributed by atoms with Gasteiger partial charge in [0.05, 0.1) is 12.8 Å². The molecule has 0 bridgehead atoms. The molecule has 0 aliphatic heterocycles. The Morgan fingerprint density at radius 2 is 1.71 bits per heavy atom. The molecule has 7 nitrogen and oxygen atoms in total. The summed E-state index contributed by atoms with van der Waals surface area (Å²) in [5, 5.41) is 6.45. The van der Waals surface area contributed by atoms with E-state index in [0.29, 0.717) is 29.4 Å². The molecule has 176 valence electrons. The Morgan fingerprint density at radius 3 is 2.44 bits per heavy atom. The molecule has 34 heavy (non-hydrogen) atoms. The molecule has 0 aliphatic carbocycles. The summed E-state index contributed by atoms with van der Waals surface area (Å²) in [4.78, 5) is 24.3. The van der Waals surface area contributed by atoms with E-state index in [1.807, 2.05) is 26.0 Å². The van der Waals surface area contributed by atoms with Gasteiger partial charge in [-0.2, -0.15) is 5.10 Å². The molecule has 3 aromatic carbocycles. The van der Waals surface area contributed by atoms with Gasteiger partial charge in [0.25, 0.3) is 0 Å². The van der Waals surface area contributed by atoms with Gasteiger partial charge in [-0.05, 0) is 66.4 Å². The maximum Gasteiger partial charge on any atom is 0.329 e. The van der Waals surface area contributed by atoms with Crippen LogP contribution in [0.1, 0.15) is 30.5 Å². The van der Waals surface area contributed by atoms with Crippen LogP contribution in [0.15, 0.2) is 71.8 Å². The average Bonchev–Trinajstić information content (AvgIpc) is 2.85. The number of carbonyl (C=O) groups excluding carboxylic acids is 2. The van der Waals surface area contributed by atoms with Gasteiger partial charge in [0, 0.05) is 5.69 Å². The molecule has 0 spiro atoms. The molecule has 3 aromatic rings. The van der Waals surface area contributed by atoms with E-state index in [4.69, 9.17) is 9.47 Å². The number of carbonyl (C=O) groups is 2. The number of rotatable bonds is 9. The molecule has 0 radical (unpaired) electrons. The number of para-hydroxylation sites is 1. The number of ether oxygens (including phenoxy) is 2. The first kappa shape index (κ1) is 24.4. The summed E-state index contributed by atoms with van der Waals surface area (Å²) in [6, 6.07) is 18.5. The van der Waals surface area contributed by atoms with Crippen molar-refractivity contribution in [1.82, 2.24) is 5.43 Å². The van der Waals surface area contributed by atoms with Crippen molar-refractivity contribution in [3.05, 3.63) is 89.2 Å². The van der Waals surface area contributed by atoms with Gasteiger partial charge < -0.3 is 14.8 Å². The van der Waals surface area contributed by atoms with Gasteiger partial charge in [0.2, 0.25) is 0 Å². The molecule has 0 aliphatic rings. The van der Waals surface area contributed by atoms with E-state index in [1.54, 1.807) is 42.5 Å². The lowest BCUT2D eigenvalue weighted by Crippen LogP contribution is -2.32. The van der Waals surface area contributed by atoms with Gasteiger partial charge in [0.1, 0.15) is 12.4 Å². The smallest absolute Gasteiger partial charge is 0.329 e. The van der Waals surface area contributed by atoms with Crippen LogP contribution in [0.4, 0.5) is 10.1 Å². The second kappa shape index (κ2) is 12.2. The molecular formula is C26H26FN3O4. The third kappa shape index (κ3) is 6.90. The molecule has 0 aromatic heterocycles. The van der Waals surface area contributed by atoms with E-state index < -0.39 is 11.8 Å². The summed E-state index contributed by atoms with van der Waals surface area (Å²) < 4.78 is 24.5. The van der Waals surface area contributed by atoms with Crippen LogP contribution in [0.2, 0.25) is 0 Å². The van der Waals surface area contributed by atoms with Gasteiger partial charge in [0.15, 0.2) is 11.5 Å². The fourth-order valence-electron chi connectivity index (χ4n) is 3.08. The maximum absolute atomic E-state index is 13.1. The monoisotopic (exact) mass is 463 g/mol. The molecule has 0 heterocycles. The summed E-state index contributed by atoms with van der Waals surface area (Å²) in [5.41, 5.74) is 5.19. The highest BCUT2D eigenvalue weighted by molar-refractivity contribution is 6.39. The second-order valence-electron chi connectivity index (χ2n) is 7.22. The fourth-order valence-corrected chi connectivity index (χ4v) is 3.08. The highest BCUT2D eigenvalue weighted by Crippen LogP contribution is 2.29. The molecule has 0 saturated heterocycles. The van der Waals surface area contributed by atoms with Gasteiger partial charge in [-0.25, -0.2) is 9.82 Å². The first-order chi connectivity index (χ1) is 16.5. The summed E-state index contributed by atoms with van der Waals surface area (Å²) in [7, 11) is 0. The predicted molar refractivity (Wildman–Crippen MR) is 129 cm³/mol. The van der Waals surface area contributed by atoms with Crippen molar-refractivity contribution < 1.29 is 23.5 Å². The maximum atomic E-state index is 13.1. The topological polar surface area (TPSA) is 89.0 Å². The third-order valence-corrected chi connectivity index (χ3v) is 4.81. The van der Waals surface area contributed by atoms with Crippen LogP contribution in [-0.2, 0) is 22.6 Å². The summed E-state index contributed by atoms with van der Waals surface area (Å²) in [6.45, 7) is 4.48. The predicted octanol–water partition coefficient (Wildman–Crippen LogP) is 4.45. The summed E-state index contributed by atoms with van der Waals surface area (Å²) in [5.74, 6) is -0.989. The van der Waals surface area contributed by atoms with Crippen LogP contribution in [0.3, 0.4) is 0 Å². The number of benzene rings is 3. The normalized spacial score (nSPS) is 10.7. The minimum Gasteiger partial charge on any atom is -0.490 e. The van der Waals surface area contributed by atoms with Crippen LogP contribution in [-0.4, -0.2) is 24.6 Å². The van der Waals surface area contributed by atoms with Crippen LogP contribution < -0.4 is 20.2 Å². The van der Waals surface area contributed by atoms with Crippen molar-refractivity contribution in [2.45, 2.75) is 26.9 Å². The Hall–Kier alpha value is -4.20. The first-order valence-corrected chi connectivity index (χ1v) is 10.9. The van der Waals surface area contributed by atoms with E-state index in [2.05, 4.69) is 15.8 Å². The van der Waals surface area contributed by atoms with Crippen molar-refractivity contribution >= 4 is 23.7 Å². The lowest BCUT2D eigenvalue weighted by molar-refractivity contribution is -0.136. The minimum absolute atomic E-state index is 0.250. The van der Waals surface area contributed by atoms with E-state index in [1.165, 1.54) is 18.3 Å². The standard InChI is InChI=1S/C26H26FN3O4/c1-3-20-7-5-6-8-22(20)29-25(31)26(32)30-28-16-19-11-14-23(24(15-19)33-4-2)34-17-18-9-12-21(27)13-10-18/h5-16H,3-4,17H2,1-2H3,(H,29,31)(H,30,32)/b28-16-. The van der Waals surface area contributed by atoms with Crippen molar-refractivity contribution in [3.63, 3.8) is 0 Å². The molecule has 0 atom stereocenters. The minimum atomic E-state index is -0.883. The second-order valence-corrected chi connectivity index (χ2v) is 7.22. The van der Waals surface area contributed by atoms with Gasteiger partial charge in [-0.15, -0.1) is 0 Å². The van der Waals surface area contributed by atoms with Gasteiger partial charge >= 0.3 is 11.8 Å². The molecule has 0 saturated carbocycles. The summed E-state index contributed by atoms with van der Waals surface area (Å²) >= 11 is 0. The highest BCUT2D eigenvalue weighted by Gasteiger charge is 2.14. The van der Waals surface area contributed by atoms with E-state index in [9.17, 15) is 14.0 Å². The Balaban J connectivity index is 1.60. The van der Waals surface area contributed by atoms with Gasteiger partial charge in [-0.1, -0.05) is 37.3 Å². The molecule has 8 heteroatoms. The number of nitrogens with zero attached hydrogens (tertiary/aromatic N) is 1. The van der Waals surface area contributed by atoms with Crippen LogP contribution in [0.25, 0.3) is 0 Å². The third-order valence-electron chi connectivity index (χ3n) is 4.81. The fraction of sp³-hybridized carbons (Fsp3) is 0.192. The zero-order valence-corrected chi connectivity index (χ0v) is 19.0. The first-order valence-electron chi connectivity index (χ1n) is 10.9. The number of aryl methyl sites for hydroxylation is 1. The molecule has 3 rings (SSSR count). The number of hydrazone groups is 1. The molecular weight excluding hydrogens is 437 g/mol. The number of hydrogen-bond donors (Lipinski definition) is 2. The van der Waals surface area contributed by atoms with Crippen LogP contribution in [0, 0.1) is 5.82 Å². The Kier molecular flexibility index (Phi) is 8.73. The highest BCUT2D eigenvalue weighted by atomic mass is 19.1.